The van der Waals surface area contributed by atoms with Crippen LogP contribution in [0.3, 0.4) is 0 Å². The van der Waals surface area contributed by atoms with E-state index in [4.69, 9.17) is 14.7 Å². The Morgan fingerprint density at radius 1 is 1.04 bits per heavy atom. The zero-order valence-electron chi connectivity index (χ0n) is 14.8. The van der Waals surface area contributed by atoms with Crippen LogP contribution in [0, 0.1) is 11.3 Å². The molecule has 0 aliphatic carbocycles. The highest BCUT2D eigenvalue weighted by molar-refractivity contribution is 5.93. The highest BCUT2D eigenvalue weighted by atomic mass is 16.5. The summed E-state index contributed by atoms with van der Waals surface area (Å²) >= 11 is 0. The SMILES string of the molecule is CCOc1ccccc1/C=C/C(=O)NNC(=O)COc1ccccc1C#N. The van der Waals surface area contributed by atoms with Gasteiger partial charge in [-0.15, -0.1) is 0 Å². The first-order valence-electron chi connectivity index (χ1n) is 8.24. The van der Waals surface area contributed by atoms with Crippen molar-refractivity contribution in [2.45, 2.75) is 6.92 Å². The number of para-hydroxylation sites is 2. The molecule has 0 saturated carbocycles. The quantitative estimate of drug-likeness (QED) is 0.579. The fraction of sp³-hybridized carbons (Fsp3) is 0.150. The lowest BCUT2D eigenvalue weighted by Gasteiger charge is -2.09. The van der Waals surface area contributed by atoms with Gasteiger partial charge in [-0.25, -0.2) is 0 Å². The lowest BCUT2D eigenvalue weighted by atomic mass is 10.2. The van der Waals surface area contributed by atoms with Crippen molar-refractivity contribution in [2.24, 2.45) is 0 Å². The number of carbonyl (C=O) groups is 2. The fourth-order valence-electron chi connectivity index (χ4n) is 2.11. The molecule has 2 N–H and O–H groups in total. The van der Waals surface area contributed by atoms with Crippen LogP contribution in [0.2, 0.25) is 0 Å². The Bertz CT molecular complexity index is 872. The maximum absolute atomic E-state index is 11.8. The molecule has 7 heteroatoms. The van der Waals surface area contributed by atoms with E-state index < -0.39 is 11.8 Å². The normalized spacial score (nSPS) is 10.1. The van der Waals surface area contributed by atoms with Crippen molar-refractivity contribution in [1.82, 2.24) is 10.9 Å². The predicted molar refractivity (Wildman–Crippen MR) is 99.6 cm³/mol. The van der Waals surface area contributed by atoms with Crippen molar-refractivity contribution < 1.29 is 19.1 Å². The summed E-state index contributed by atoms with van der Waals surface area (Å²) in [5.41, 5.74) is 5.57. The monoisotopic (exact) mass is 365 g/mol. The highest BCUT2D eigenvalue weighted by Crippen LogP contribution is 2.19. The molecule has 2 aromatic carbocycles. The molecule has 2 aromatic rings. The standard InChI is InChI=1S/C20H19N3O4/c1-2-26-17-9-5-3-7-15(17)11-12-19(24)22-23-20(25)14-27-18-10-6-4-8-16(18)13-21/h3-12H,2,14H2,1H3,(H,22,24)(H,23,25)/b12-11+. The van der Waals surface area contributed by atoms with Gasteiger partial charge in [0.1, 0.15) is 17.6 Å². The second kappa shape index (κ2) is 10.3. The van der Waals surface area contributed by atoms with Crippen molar-refractivity contribution in [3.05, 3.63) is 65.7 Å². The van der Waals surface area contributed by atoms with Gasteiger partial charge in [0.15, 0.2) is 6.61 Å². The largest absolute Gasteiger partial charge is 0.493 e. The van der Waals surface area contributed by atoms with Gasteiger partial charge < -0.3 is 9.47 Å². The Kier molecular flexibility index (Phi) is 7.42. The molecule has 138 valence electrons. The molecular weight excluding hydrogens is 346 g/mol. The number of benzene rings is 2. The Balaban J connectivity index is 1.81. The molecule has 0 heterocycles. The van der Waals surface area contributed by atoms with Gasteiger partial charge in [-0.1, -0.05) is 30.3 Å². The maximum Gasteiger partial charge on any atom is 0.276 e. The Morgan fingerprint density at radius 3 is 2.48 bits per heavy atom. The molecule has 0 unspecified atom stereocenters. The molecule has 0 saturated heterocycles. The zero-order valence-corrected chi connectivity index (χ0v) is 14.8. The Morgan fingerprint density at radius 2 is 1.74 bits per heavy atom. The third-order valence-corrected chi connectivity index (χ3v) is 3.32. The van der Waals surface area contributed by atoms with Crippen LogP contribution in [0.1, 0.15) is 18.1 Å². The molecule has 2 amide bonds. The van der Waals surface area contributed by atoms with E-state index in [0.717, 1.165) is 5.56 Å². The van der Waals surface area contributed by atoms with Crippen molar-refractivity contribution in [3.8, 4) is 17.6 Å². The highest BCUT2D eigenvalue weighted by Gasteiger charge is 2.07. The predicted octanol–water partition coefficient (Wildman–Crippen LogP) is 2.20. The second-order valence-corrected chi connectivity index (χ2v) is 5.24. The van der Waals surface area contributed by atoms with Crippen LogP contribution in [0.4, 0.5) is 0 Å². The lowest BCUT2D eigenvalue weighted by Crippen LogP contribution is -2.43. The summed E-state index contributed by atoms with van der Waals surface area (Å²) in [5, 5.41) is 8.96. The van der Waals surface area contributed by atoms with Crippen LogP contribution in [-0.2, 0) is 9.59 Å². The van der Waals surface area contributed by atoms with E-state index in [2.05, 4.69) is 10.9 Å². The number of nitriles is 1. The second-order valence-electron chi connectivity index (χ2n) is 5.24. The molecule has 7 nitrogen and oxygen atoms in total. The van der Waals surface area contributed by atoms with Crippen molar-refractivity contribution in [2.75, 3.05) is 13.2 Å². The lowest BCUT2D eigenvalue weighted by molar-refractivity contribution is -0.128. The molecule has 27 heavy (non-hydrogen) atoms. The summed E-state index contributed by atoms with van der Waals surface area (Å²) in [5.74, 6) is -0.0992. The van der Waals surface area contributed by atoms with E-state index >= 15 is 0 Å². The summed E-state index contributed by atoms with van der Waals surface area (Å²) in [6, 6.07) is 15.8. The number of hydrogen-bond acceptors (Lipinski definition) is 5. The Labute approximate surface area is 157 Å². The van der Waals surface area contributed by atoms with Gasteiger partial charge in [0.05, 0.1) is 12.2 Å². The molecule has 0 aromatic heterocycles. The van der Waals surface area contributed by atoms with Gasteiger partial charge in [0, 0.05) is 11.6 Å². The third-order valence-electron chi connectivity index (χ3n) is 3.32. The number of amides is 2. The van der Waals surface area contributed by atoms with E-state index in [1.54, 1.807) is 36.4 Å². The van der Waals surface area contributed by atoms with Crippen LogP contribution in [0.25, 0.3) is 6.08 Å². The van der Waals surface area contributed by atoms with Gasteiger partial charge in [-0.3, -0.25) is 20.4 Å². The number of nitrogens with zero attached hydrogens (tertiary/aromatic N) is 1. The first-order valence-corrected chi connectivity index (χ1v) is 8.24. The molecule has 0 spiro atoms. The molecular formula is C20H19N3O4. The van der Waals surface area contributed by atoms with Crippen LogP contribution in [0.15, 0.2) is 54.6 Å². The summed E-state index contributed by atoms with van der Waals surface area (Å²) in [4.78, 5) is 23.6. The number of carbonyl (C=O) groups excluding carboxylic acids is 2. The number of hydrogen-bond donors (Lipinski definition) is 2. The van der Waals surface area contributed by atoms with Gasteiger partial charge in [0.2, 0.25) is 0 Å². The molecule has 0 radical (unpaired) electrons. The van der Waals surface area contributed by atoms with Crippen molar-refractivity contribution in [1.29, 1.82) is 5.26 Å². The number of rotatable bonds is 7. The van der Waals surface area contributed by atoms with Crippen molar-refractivity contribution >= 4 is 17.9 Å². The summed E-state index contributed by atoms with van der Waals surface area (Å²) in [6.45, 7) is 2.05. The Hall–Kier alpha value is -3.79. The van der Waals surface area contributed by atoms with Gasteiger partial charge in [-0.2, -0.15) is 5.26 Å². The number of hydrazine groups is 1. The van der Waals surface area contributed by atoms with E-state index in [0.29, 0.717) is 23.7 Å². The third kappa shape index (κ3) is 6.21. The molecule has 0 atom stereocenters. The first-order chi connectivity index (χ1) is 13.1. The van der Waals surface area contributed by atoms with Gasteiger partial charge in [0.25, 0.3) is 11.8 Å². The van der Waals surface area contributed by atoms with Crippen molar-refractivity contribution in [3.63, 3.8) is 0 Å². The topological polar surface area (TPSA) is 100 Å². The number of ether oxygens (including phenoxy) is 2. The molecule has 0 aliphatic rings. The minimum atomic E-state index is -0.556. The summed E-state index contributed by atoms with van der Waals surface area (Å²) in [7, 11) is 0. The summed E-state index contributed by atoms with van der Waals surface area (Å²) in [6.07, 6.45) is 2.87. The molecule has 0 fully saturated rings. The average Bonchev–Trinajstić information content (AvgIpc) is 2.70. The van der Waals surface area contributed by atoms with E-state index in [9.17, 15) is 9.59 Å². The minimum absolute atomic E-state index is 0.300. The average molecular weight is 365 g/mol. The smallest absolute Gasteiger partial charge is 0.276 e. The van der Waals surface area contributed by atoms with Crippen LogP contribution >= 0.6 is 0 Å². The summed E-state index contributed by atoms with van der Waals surface area (Å²) < 4.78 is 10.7. The zero-order chi connectivity index (χ0) is 19.5. The molecule has 0 aliphatic heterocycles. The van der Waals surface area contributed by atoms with Gasteiger partial charge in [-0.05, 0) is 31.2 Å². The van der Waals surface area contributed by atoms with E-state index in [1.807, 2.05) is 31.2 Å². The van der Waals surface area contributed by atoms with Crippen LogP contribution in [-0.4, -0.2) is 25.0 Å². The molecule has 0 bridgehead atoms. The van der Waals surface area contributed by atoms with Crippen LogP contribution < -0.4 is 20.3 Å². The van der Waals surface area contributed by atoms with E-state index in [-0.39, 0.29) is 6.61 Å². The minimum Gasteiger partial charge on any atom is -0.493 e. The van der Waals surface area contributed by atoms with Gasteiger partial charge >= 0.3 is 0 Å². The van der Waals surface area contributed by atoms with E-state index in [1.165, 1.54) is 6.08 Å². The fourth-order valence-corrected chi connectivity index (χ4v) is 2.11. The maximum atomic E-state index is 11.8. The number of nitrogens with one attached hydrogen (secondary N) is 2. The van der Waals surface area contributed by atoms with Crippen LogP contribution in [0.5, 0.6) is 11.5 Å². The first kappa shape index (κ1) is 19.5. The molecule has 2 rings (SSSR count).